The van der Waals surface area contributed by atoms with Crippen LogP contribution in [0.2, 0.25) is 0 Å². The molecule has 0 saturated heterocycles. The second-order valence-corrected chi connectivity index (χ2v) is 7.22. The molecule has 1 atom stereocenters. The Bertz CT molecular complexity index is 936. The van der Waals surface area contributed by atoms with Gasteiger partial charge in [0.15, 0.2) is 11.5 Å². The molecule has 0 aromatic heterocycles. The first-order chi connectivity index (χ1) is 14.3. The number of carbonyl (C=O) groups is 2. The molecule has 6 nitrogen and oxygen atoms in total. The minimum absolute atomic E-state index is 0.144. The molecule has 0 bridgehead atoms. The number of hydrogen-bond acceptors (Lipinski definition) is 6. The summed E-state index contributed by atoms with van der Waals surface area (Å²) in [5.41, 5.74) is 2.41. The zero-order valence-electron chi connectivity index (χ0n) is 17.2. The standard InChI is InChI=1S/C23H25NO5S/c1-5-14-28-20-11-8-18(15-21(20)27-4)12-13-24-22(26)23(30,29-17(3)25)19-9-6-16(2)7-10-19/h1,6-11,15,30H,12-14H2,2-4H3,(H,24,26). The van der Waals surface area contributed by atoms with Crippen molar-refractivity contribution in [3.05, 3.63) is 59.2 Å². The lowest BCUT2D eigenvalue weighted by Gasteiger charge is -2.27. The maximum Gasteiger partial charge on any atom is 0.304 e. The monoisotopic (exact) mass is 427 g/mol. The molecule has 2 aromatic rings. The van der Waals surface area contributed by atoms with E-state index >= 15 is 0 Å². The number of terminal acetylenes is 1. The van der Waals surface area contributed by atoms with Crippen LogP contribution in [0.25, 0.3) is 0 Å². The number of ether oxygens (including phenoxy) is 3. The Morgan fingerprint density at radius 1 is 1.17 bits per heavy atom. The fourth-order valence-electron chi connectivity index (χ4n) is 2.77. The van der Waals surface area contributed by atoms with E-state index in [1.165, 1.54) is 6.92 Å². The first-order valence-corrected chi connectivity index (χ1v) is 9.75. The summed E-state index contributed by atoms with van der Waals surface area (Å²) in [7, 11) is 1.54. The largest absolute Gasteiger partial charge is 0.493 e. The van der Waals surface area contributed by atoms with Crippen LogP contribution in [0.1, 0.15) is 23.6 Å². The zero-order chi connectivity index (χ0) is 22.1. The average Bonchev–Trinajstić information content (AvgIpc) is 2.72. The maximum absolute atomic E-state index is 12.8. The fourth-order valence-corrected chi connectivity index (χ4v) is 3.13. The Balaban J connectivity index is 2.08. The molecule has 158 valence electrons. The van der Waals surface area contributed by atoms with Crippen molar-refractivity contribution in [2.24, 2.45) is 0 Å². The van der Waals surface area contributed by atoms with Crippen LogP contribution in [0.15, 0.2) is 42.5 Å². The van der Waals surface area contributed by atoms with Gasteiger partial charge >= 0.3 is 5.97 Å². The molecule has 30 heavy (non-hydrogen) atoms. The Morgan fingerprint density at radius 2 is 1.87 bits per heavy atom. The maximum atomic E-state index is 12.8. The zero-order valence-corrected chi connectivity index (χ0v) is 18.1. The van der Waals surface area contributed by atoms with E-state index < -0.39 is 16.8 Å². The van der Waals surface area contributed by atoms with Crippen LogP contribution < -0.4 is 14.8 Å². The predicted octanol–water partition coefficient (Wildman–Crippen LogP) is 3.02. The van der Waals surface area contributed by atoms with Crippen LogP contribution in [-0.2, 0) is 25.7 Å². The minimum Gasteiger partial charge on any atom is -0.493 e. The van der Waals surface area contributed by atoms with Crippen molar-refractivity contribution in [3.63, 3.8) is 0 Å². The fraction of sp³-hybridized carbons (Fsp3) is 0.304. The highest BCUT2D eigenvalue weighted by Gasteiger charge is 2.40. The van der Waals surface area contributed by atoms with Crippen LogP contribution >= 0.6 is 12.6 Å². The van der Waals surface area contributed by atoms with Gasteiger partial charge in [-0.05, 0) is 31.0 Å². The number of nitrogens with one attached hydrogen (secondary N) is 1. The van der Waals surface area contributed by atoms with Gasteiger partial charge in [-0.2, -0.15) is 0 Å². The number of methoxy groups -OCH3 is 1. The minimum atomic E-state index is -1.72. The van der Waals surface area contributed by atoms with Crippen molar-refractivity contribution in [3.8, 4) is 23.8 Å². The van der Waals surface area contributed by atoms with Gasteiger partial charge in [0.05, 0.1) is 7.11 Å². The summed E-state index contributed by atoms with van der Waals surface area (Å²) in [5.74, 6) is 2.38. The molecule has 1 amide bonds. The molecular weight excluding hydrogens is 402 g/mol. The highest BCUT2D eigenvalue weighted by molar-refractivity contribution is 7.82. The van der Waals surface area contributed by atoms with E-state index in [1.54, 1.807) is 25.3 Å². The summed E-state index contributed by atoms with van der Waals surface area (Å²) >= 11 is 4.41. The van der Waals surface area contributed by atoms with Crippen LogP contribution in [0, 0.1) is 19.3 Å². The molecule has 2 rings (SSSR count). The van der Waals surface area contributed by atoms with Crippen molar-refractivity contribution in [1.82, 2.24) is 5.32 Å². The Hall–Kier alpha value is -3.11. The number of amides is 1. The van der Waals surface area contributed by atoms with Crippen molar-refractivity contribution in [1.29, 1.82) is 0 Å². The first-order valence-electron chi connectivity index (χ1n) is 9.30. The summed E-state index contributed by atoms with van der Waals surface area (Å²) in [6.07, 6.45) is 5.74. The van der Waals surface area contributed by atoms with Gasteiger partial charge in [0.2, 0.25) is 0 Å². The van der Waals surface area contributed by atoms with Gasteiger partial charge in [0.1, 0.15) is 6.61 Å². The second-order valence-electron chi connectivity index (χ2n) is 6.59. The van der Waals surface area contributed by atoms with Gasteiger partial charge in [-0.15, -0.1) is 19.1 Å². The van der Waals surface area contributed by atoms with Gasteiger partial charge < -0.3 is 19.5 Å². The number of thiol groups is 1. The third kappa shape index (κ3) is 5.94. The topological polar surface area (TPSA) is 73.9 Å². The number of carbonyl (C=O) groups excluding carboxylic acids is 2. The lowest BCUT2D eigenvalue weighted by molar-refractivity contribution is -0.157. The summed E-state index contributed by atoms with van der Waals surface area (Å²) in [6.45, 7) is 3.61. The molecule has 0 radical (unpaired) electrons. The summed E-state index contributed by atoms with van der Waals surface area (Å²) in [6, 6.07) is 12.5. The molecule has 0 aliphatic heterocycles. The number of aryl methyl sites for hydroxylation is 1. The average molecular weight is 428 g/mol. The van der Waals surface area contributed by atoms with Crippen molar-refractivity contribution >= 4 is 24.5 Å². The van der Waals surface area contributed by atoms with Crippen LogP contribution in [0.5, 0.6) is 11.5 Å². The second kappa shape index (κ2) is 10.6. The Labute approximate surface area is 182 Å². The Morgan fingerprint density at radius 3 is 2.47 bits per heavy atom. The molecule has 1 unspecified atom stereocenters. The normalized spacial score (nSPS) is 12.2. The molecular formula is C23H25NO5S. The molecule has 0 saturated carbocycles. The van der Waals surface area contributed by atoms with Crippen LogP contribution in [-0.4, -0.2) is 32.1 Å². The van der Waals surface area contributed by atoms with Gasteiger partial charge in [0, 0.05) is 19.0 Å². The quantitative estimate of drug-likeness (QED) is 0.279. The van der Waals surface area contributed by atoms with Crippen molar-refractivity contribution < 1.29 is 23.8 Å². The number of benzene rings is 2. The summed E-state index contributed by atoms with van der Waals surface area (Å²) < 4.78 is 16.0. The van der Waals surface area contributed by atoms with E-state index in [-0.39, 0.29) is 6.61 Å². The molecule has 0 spiro atoms. The molecule has 0 heterocycles. The smallest absolute Gasteiger partial charge is 0.304 e. The van der Waals surface area contributed by atoms with Gasteiger partial charge in [-0.1, -0.05) is 41.8 Å². The van der Waals surface area contributed by atoms with Crippen LogP contribution in [0.4, 0.5) is 0 Å². The summed E-state index contributed by atoms with van der Waals surface area (Å²) in [4.78, 5) is 22.7. The molecule has 2 aromatic carbocycles. The van der Waals surface area contributed by atoms with Crippen LogP contribution in [0.3, 0.4) is 0 Å². The Kier molecular flexibility index (Phi) is 8.19. The molecule has 0 fully saturated rings. The van der Waals surface area contributed by atoms with E-state index in [2.05, 4.69) is 23.9 Å². The SMILES string of the molecule is C#CCOc1ccc(CCNC(=O)C(S)(OC(C)=O)c2ccc(C)cc2)cc1OC. The van der Waals surface area contributed by atoms with Gasteiger partial charge in [0.25, 0.3) is 10.8 Å². The van der Waals surface area contributed by atoms with E-state index in [9.17, 15) is 9.59 Å². The van der Waals surface area contributed by atoms with Gasteiger partial charge in [-0.25, -0.2) is 0 Å². The van der Waals surface area contributed by atoms with Crippen molar-refractivity contribution in [2.75, 3.05) is 20.3 Å². The third-order valence-corrected chi connectivity index (χ3v) is 4.83. The molecule has 1 N–H and O–H groups in total. The highest BCUT2D eigenvalue weighted by Crippen LogP contribution is 2.31. The van der Waals surface area contributed by atoms with Crippen molar-refractivity contribution in [2.45, 2.75) is 25.2 Å². The molecule has 0 aliphatic rings. The number of hydrogen-bond donors (Lipinski definition) is 2. The molecule has 7 heteroatoms. The van der Waals surface area contributed by atoms with Gasteiger partial charge in [-0.3, -0.25) is 9.59 Å². The molecule has 0 aliphatic carbocycles. The first kappa shape index (κ1) is 23.2. The van der Waals surface area contributed by atoms with E-state index in [0.29, 0.717) is 30.0 Å². The lowest BCUT2D eigenvalue weighted by Crippen LogP contribution is -2.44. The number of esters is 1. The van der Waals surface area contributed by atoms with E-state index in [0.717, 1.165) is 11.1 Å². The highest BCUT2D eigenvalue weighted by atomic mass is 32.1. The number of rotatable bonds is 9. The van der Waals surface area contributed by atoms with E-state index in [1.807, 2.05) is 31.2 Å². The van der Waals surface area contributed by atoms with E-state index in [4.69, 9.17) is 20.6 Å². The predicted molar refractivity (Wildman–Crippen MR) is 118 cm³/mol. The summed E-state index contributed by atoms with van der Waals surface area (Å²) in [5, 5.41) is 2.79. The third-order valence-electron chi connectivity index (χ3n) is 4.28. The lowest BCUT2D eigenvalue weighted by atomic mass is 10.1.